The summed E-state index contributed by atoms with van der Waals surface area (Å²) in [5, 5.41) is 6.09. The molecule has 2 aromatic heterocycles. The predicted octanol–water partition coefficient (Wildman–Crippen LogP) is 4.66. The zero-order valence-corrected chi connectivity index (χ0v) is 19.3. The minimum absolute atomic E-state index is 0.148. The molecule has 2 heterocycles. The minimum atomic E-state index is -4.57. The Bertz CT molecular complexity index is 1550. The molecule has 8 nitrogen and oxygen atoms in total. The summed E-state index contributed by atoms with van der Waals surface area (Å²) >= 11 is 0. The van der Waals surface area contributed by atoms with Gasteiger partial charge in [-0.3, -0.25) is 9.36 Å². The molecule has 1 amide bonds. The molecule has 0 fully saturated rings. The lowest BCUT2D eigenvalue weighted by Gasteiger charge is -2.16. The van der Waals surface area contributed by atoms with Crippen LogP contribution in [-0.4, -0.2) is 32.0 Å². The highest BCUT2D eigenvalue weighted by atomic mass is 19.4. The van der Waals surface area contributed by atoms with Gasteiger partial charge in [0.25, 0.3) is 5.91 Å². The van der Waals surface area contributed by atoms with Crippen molar-refractivity contribution < 1.29 is 18.0 Å². The number of fused-ring (bicyclic) bond motifs is 1. The molecule has 11 heteroatoms. The normalized spacial score (nSPS) is 11.4. The Labute approximate surface area is 203 Å². The standard InChI is InChI=1S/C25H21F3N6O2/c1-4-10-29-23-30-13-19-15(3)34(24(36)33-21(19)32-23)20-12-18(9-8-14(20)2)31-22(35)16-6-5-7-17(11-16)25(26,27)28/h4-9,11-13H,1,10H2,2-3H3,(H,31,35)(H,29,32,33,36). The second-order valence-electron chi connectivity index (χ2n) is 7.95. The van der Waals surface area contributed by atoms with Gasteiger partial charge in [-0.2, -0.15) is 23.1 Å². The number of rotatable bonds is 6. The van der Waals surface area contributed by atoms with Crippen LogP contribution in [0.3, 0.4) is 0 Å². The van der Waals surface area contributed by atoms with Gasteiger partial charge in [0.2, 0.25) is 5.95 Å². The molecular formula is C25H21F3N6O2. The van der Waals surface area contributed by atoms with Crippen LogP contribution in [0.1, 0.15) is 27.2 Å². The fraction of sp³-hybridized carbons (Fsp3) is 0.160. The first-order chi connectivity index (χ1) is 17.1. The average Bonchev–Trinajstić information content (AvgIpc) is 2.84. The molecule has 0 unspecified atom stereocenters. The van der Waals surface area contributed by atoms with E-state index in [1.165, 1.54) is 16.7 Å². The Morgan fingerprint density at radius 2 is 1.92 bits per heavy atom. The van der Waals surface area contributed by atoms with Gasteiger partial charge in [0.1, 0.15) is 0 Å². The molecule has 2 aromatic carbocycles. The average molecular weight is 494 g/mol. The molecule has 0 spiro atoms. The smallest absolute Gasteiger partial charge is 0.351 e. The van der Waals surface area contributed by atoms with E-state index in [4.69, 9.17) is 0 Å². The Balaban J connectivity index is 1.70. The third-order valence-electron chi connectivity index (χ3n) is 5.45. The highest BCUT2D eigenvalue weighted by Gasteiger charge is 2.31. The number of nitrogens with zero attached hydrogens (tertiary/aromatic N) is 4. The number of nitrogens with one attached hydrogen (secondary N) is 2. The number of aryl methyl sites for hydroxylation is 2. The van der Waals surface area contributed by atoms with Crippen molar-refractivity contribution in [1.29, 1.82) is 0 Å². The van der Waals surface area contributed by atoms with Gasteiger partial charge in [0.05, 0.1) is 16.6 Å². The van der Waals surface area contributed by atoms with Gasteiger partial charge in [0.15, 0.2) is 5.65 Å². The first-order valence-electron chi connectivity index (χ1n) is 10.8. The number of anilines is 2. The third kappa shape index (κ3) is 4.95. The highest BCUT2D eigenvalue weighted by molar-refractivity contribution is 6.04. The fourth-order valence-electron chi connectivity index (χ4n) is 3.62. The lowest BCUT2D eigenvalue weighted by Crippen LogP contribution is -2.25. The van der Waals surface area contributed by atoms with Crippen LogP contribution in [0.5, 0.6) is 0 Å². The van der Waals surface area contributed by atoms with Crippen LogP contribution >= 0.6 is 0 Å². The summed E-state index contributed by atoms with van der Waals surface area (Å²) in [5.41, 5.74) is 0.556. The molecule has 36 heavy (non-hydrogen) atoms. The fourth-order valence-corrected chi connectivity index (χ4v) is 3.62. The largest absolute Gasteiger partial charge is 0.416 e. The van der Waals surface area contributed by atoms with Crippen molar-refractivity contribution in [3.05, 3.63) is 94.2 Å². The van der Waals surface area contributed by atoms with Crippen molar-refractivity contribution in [1.82, 2.24) is 19.5 Å². The molecule has 0 bridgehead atoms. The number of carbonyl (C=O) groups excluding carboxylic acids is 1. The maximum atomic E-state index is 13.0. The van der Waals surface area contributed by atoms with Gasteiger partial charge in [-0.25, -0.2) is 9.78 Å². The first-order valence-corrected chi connectivity index (χ1v) is 10.8. The number of amides is 1. The third-order valence-corrected chi connectivity index (χ3v) is 5.45. The Hall–Kier alpha value is -4.54. The van der Waals surface area contributed by atoms with Crippen molar-refractivity contribution in [2.45, 2.75) is 20.0 Å². The van der Waals surface area contributed by atoms with Crippen molar-refractivity contribution >= 4 is 28.6 Å². The summed E-state index contributed by atoms with van der Waals surface area (Å²) in [4.78, 5) is 38.2. The number of hydrogen-bond acceptors (Lipinski definition) is 6. The Morgan fingerprint density at radius 3 is 2.64 bits per heavy atom. The van der Waals surface area contributed by atoms with Gasteiger partial charge >= 0.3 is 11.9 Å². The number of alkyl halides is 3. The van der Waals surface area contributed by atoms with Gasteiger partial charge in [0, 0.05) is 29.7 Å². The molecule has 4 aromatic rings. The lowest BCUT2D eigenvalue weighted by molar-refractivity contribution is -0.137. The number of hydrogen-bond donors (Lipinski definition) is 2. The van der Waals surface area contributed by atoms with E-state index in [9.17, 15) is 22.8 Å². The van der Waals surface area contributed by atoms with E-state index in [2.05, 4.69) is 32.2 Å². The Morgan fingerprint density at radius 1 is 1.14 bits per heavy atom. The molecule has 0 aliphatic carbocycles. The predicted molar refractivity (Wildman–Crippen MR) is 130 cm³/mol. The molecule has 0 saturated carbocycles. The summed E-state index contributed by atoms with van der Waals surface area (Å²) in [6, 6.07) is 8.98. The molecule has 0 aliphatic heterocycles. The van der Waals surface area contributed by atoms with Crippen LogP contribution < -0.4 is 16.3 Å². The summed E-state index contributed by atoms with van der Waals surface area (Å²) < 4.78 is 40.4. The molecule has 184 valence electrons. The first kappa shape index (κ1) is 24.6. The van der Waals surface area contributed by atoms with E-state index >= 15 is 0 Å². The Kier molecular flexibility index (Phi) is 6.56. The topological polar surface area (TPSA) is 102 Å². The zero-order chi connectivity index (χ0) is 26.0. The summed E-state index contributed by atoms with van der Waals surface area (Å²) in [7, 11) is 0. The second kappa shape index (κ2) is 9.61. The van der Waals surface area contributed by atoms with E-state index in [0.717, 1.165) is 12.1 Å². The van der Waals surface area contributed by atoms with E-state index in [1.54, 1.807) is 44.3 Å². The van der Waals surface area contributed by atoms with E-state index in [1.807, 2.05) is 0 Å². The van der Waals surface area contributed by atoms with Crippen molar-refractivity contribution in [3.63, 3.8) is 0 Å². The number of carbonyl (C=O) groups is 1. The van der Waals surface area contributed by atoms with Gasteiger partial charge in [-0.05, 0) is 49.7 Å². The summed E-state index contributed by atoms with van der Waals surface area (Å²) in [6.07, 6.45) is -1.37. The van der Waals surface area contributed by atoms with Gasteiger partial charge in [-0.15, -0.1) is 6.58 Å². The second-order valence-corrected chi connectivity index (χ2v) is 7.95. The van der Waals surface area contributed by atoms with Gasteiger partial charge in [-0.1, -0.05) is 18.2 Å². The van der Waals surface area contributed by atoms with E-state index in [0.29, 0.717) is 40.5 Å². The van der Waals surface area contributed by atoms with Crippen molar-refractivity contribution in [2.24, 2.45) is 0 Å². The molecule has 2 N–H and O–H groups in total. The van der Waals surface area contributed by atoms with Crippen LogP contribution in [0.25, 0.3) is 16.7 Å². The summed E-state index contributed by atoms with van der Waals surface area (Å²) in [6.45, 7) is 7.56. The van der Waals surface area contributed by atoms with E-state index in [-0.39, 0.29) is 11.2 Å². The van der Waals surface area contributed by atoms with Crippen molar-refractivity contribution in [3.8, 4) is 5.69 Å². The molecular weight excluding hydrogens is 473 g/mol. The van der Waals surface area contributed by atoms with Crippen LogP contribution in [0, 0.1) is 13.8 Å². The molecule has 0 radical (unpaired) electrons. The number of aromatic nitrogens is 4. The van der Waals surface area contributed by atoms with E-state index < -0.39 is 23.3 Å². The molecule has 0 atom stereocenters. The molecule has 0 saturated heterocycles. The monoisotopic (exact) mass is 494 g/mol. The number of halogens is 3. The maximum Gasteiger partial charge on any atom is 0.416 e. The van der Waals surface area contributed by atoms with Gasteiger partial charge < -0.3 is 10.6 Å². The SMILES string of the molecule is C=CCNc1ncc2c(C)n(-c3cc(NC(=O)c4cccc(C(F)(F)F)c4)ccc3C)c(=O)nc2n1. The maximum absolute atomic E-state index is 13.0. The quantitative estimate of drug-likeness (QED) is 0.378. The van der Waals surface area contributed by atoms with Crippen LogP contribution in [-0.2, 0) is 6.18 Å². The molecule has 0 aliphatic rings. The van der Waals surface area contributed by atoms with Crippen molar-refractivity contribution in [2.75, 3.05) is 17.2 Å². The minimum Gasteiger partial charge on any atom is -0.351 e. The van der Waals surface area contributed by atoms with Crippen LogP contribution in [0.15, 0.2) is 66.1 Å². The number of benzene rings is 2. The highest BCUT2D eigenvalue weighted by Crippen LogP contribution is 2.30. The molecule has 4 rings (SSSR count). The van der Waals surface area contributed by atoms with Crippen LogP contribution in [0.4, 0.5) is 24.8 Å². The van der Waals surface area contributed by atoms with Crippen LogP contribution in [0.2, 0.25) is 0 Å². The summed E-state index contributed by atoms with van der Waals surface area (Å²) in [5.74, 6) is -0.411. The lowest BCUT2D eigenvalue weighted by atomic mass is 10.1. The zero-order valence-electron chi connectivity index (χ0n) is 19.3.